The maximum atomic E-state index is 12.4. The molecule has 1 fully saturated rings. The first-order valence-electron chi connectivity index (χ1n) is 7.79. The number of allylic oxidation sites excluding steroid dienone is 2. The number of carbonyl (C=O) groups excluding carboxylic acids is 2. The average Bonchev–Trinajstić information content (AvgIpc) is 2.75. The van der Waals surface area contributed by atoms with Crippen molar-refractivity contribution >= 4 is 11.8 Å². The predicted octanol–water partition coefficient (Wildman–Crippen LogP) is 2.58. The number of rotatable bonds is 3. The van der Waals surface area contributed by atoms with Crippen LogP contribution >= 0.6 is 0 Å². The second kappa shape index (κ2) is 8.57. The molecule has 4 nitrogen and oxygen atoms in total. The van der Waals surface area contributed by atoms with Gasteiger partial charge in [0.1, 0.15) is 0 Å². The van der Waals surface area contributed by atoms with Crippen molar-refractivity contribution < 1.29 is 9.59 Å². The van der Waals surface area contributed by atoms with Crippen LogP contribution in [-0.4, -0.2) is 35.8 Å². The van der Waals surface area contributed by atoms with Gasteiger partial charge in [-0.3, -0.25) is 14.5 Å². The molecule has 1 unspecified atom stereocenters. The summed E-state index contributed by atoms with van der Waals surface area (Å²) in [6, 6.07) is -0.0169. The van der Waals surface area contributed by atoms with Gasteiger partial charge in [-0.2, -0.15) is 0 Å². The third-order valence-electron chi connectivity index (χ3n) is 3.49. The highest BCUT2D eigenvalue weighted by Gasteiger charge is 2.40. The van der Waals surface area contributed by atoms with Gasteiger partial charge in [-0.15, -0.1) is 0 Å². The number of nitrogens with one attached hydrogen (secondary N) is 1. The molecule has 2 aliphatic rings. The molecule has 4 heteroatoms. The van der Waals surface area contributed by atoms with Gasteiger partial charge in [-0.25, -0.2) is 0 Å². The van der Waals surface area contributed by atoms with Crippen LogP contribution in [0.2, 0.25) is 0 Å². The van der Waals surface area contributed by atoms with Crippen molar-refractivity contribution in [1.29, 1.82) is 0 Å². The molecule has 0 radical (unpaired) electrons. The van der Waals surface area contributed by atoms with Gasteiger partial charge in [0.15, 0.2) is 0 Å². The fourth-order valence-corrected chi connectivity index (χ4v) is 2.62. The van der Waals surface area contributed by atoms with E-state index in [0.29, 0.717) is 17.7 Å². The number of hydrogen-bond donors (Lipinski definition) is 1. The summed E-state index contributed by atoms with van der Waals surface area (Å²) >= 11 is 0. The zero-order chi connectivity index (χ0) is 15.8. The Morgan fingerprint density at radius 3 is 1.95 bits per heavy atom. The van der Waals surface area contributed by atoms with Crippen LogP contribution in [0.15, 0.2) is 35.5 Å². The molecule has 0 aromatic carbocycles. The van der Waals surface area contributed by atoms with Gasteiger partial charge in [0.2, 0.25) is 0 Å². The van der Waals surface area contributed by atoms with E-state index < -0.39 is 0 Å². The SMILES string of the molecule is C/C=C\C1=C(/C=C\C)C(=O)N(C2CCCNC2)C1=O.CC. The van der Waals surface area contributed by atoms with Crippen molar-refractivity contribution in [3.05, 3.63) is 35.5 Å². The largest absolute Gasteiger partial charge is 0.315 e. The van der Waals surface area contributed by atoms with E-state index in [4.69, 9.17) is 0 Å². The van der Waals surface area contributed by atoms with Gasteiger partial charge in [-0.1, -0.05) is 38.2 Å². The second-order valence-electron chi connectivity index (χ2n) is 4.81. The van der Waals surface area contributed by atoms with Crippen molar-refractivity contribution in [2.24, 2.45) is 0 Å². The van der Waals surface area contributed by atoms with E-state index >= 15 is 0 Å². The average molecular weight is 290 g/mol. The molecular weight excluding hydrogens is 264 g/mol. The first-order chi connectivity index (χ1) is 10.2. The summed E-state index contributed by atoms with van der Waals surface area (Å²) in [7, 11) is 0. The fourth-order valence-electron chi connectivity index (χ4n) is 2.62. The van der Waals surface area contributed by atoms with Crippen LogP contribution in [0.1, 0.15) is 40.5 Å². The lowest BCUT2D eigenvalue weighted by Gasteiger charge is -2.30. The van der Waals surface area contributed by atoms with E-state index in [9.17, 15) is 9.59 Å². The fraction of sp³-hybridized carbons (Fsp3) is 0.529. The number of nitrogens with zero attached hydrogens (tertiary/aromatic N) is 1. The lowest BCUT2D eigenvalue weighted by atomic mass is 10.1. The van der Waals surface area contributed by atoms with Gasteiger partial charge in [-0.05, 0) is 33.2 Å². The van der Waals surface area contributed by atoms with Crippen LogP contribution in [0.25, 0.3) is 0 Å². The molecule has 1 atom stereocenters. The standard InChI is InChI=1S/C15H20N2O2.C2H6/c1-3-6-12-13(7-4-2)15(19)17(14(12)18)11-8-5-9-16-10-11;1-2/h3-4,6-7,11,16H,5,8-10H2,1-2H3;1-2H3/b6-3-,7-4-;. The summed E-state index contributed by atoms with van der Waals surface area (Å²) in [6.07, 6.45) is 8.94. The summed E-state index contributed by atoms with van der Waals surface area (Å²) in [5, 5.41) is 3.25. The van der Waals surface area contributed by atoms with Crippen LogP contribution in [0, 0.1) is 0 Å². The predicted molar refractivity (Wildman–Crippen MR) is 85.7 cm³/mol. The van der Waals surface area contributed by atoms with Crippen molar-refractivity contribution in [3.8, 4) is 0 Å². The van der Waals surface area contributed by atoms with E-state index in [1.54, 1.807) is 24.3 Å². The molecule has 116 valence electrons. The third-order valence-corrected chi connectivity index (χ3v) is 3.49. The molecule has 1 saturated heterocycles. The Balaban J connectivity index is 0.00000106. The molecule has 0 saturated carbocycles. The maximum absolute atomic E-state index is 12.4. The molecular formula is C17H26N2O2. The highest BCUT2D eigenvalue weighted by Crippen LogP contribution is 2.27. The Labute approximate surface area is 127 Å². The zero-order valence-corrected chi connectivity index (χ0v) is 13.5. The summed E-state index contributed by atoms with van der Waals surface area (Å²) in [5.41, 5.74) is 1.02. The normalized spacial score (nSPS) is 23.2. The van der Waals surface area contributed by atoms with Crippen LogP contribution in [-0.2, 0) is 9.59 Å². The van der Waals surface area contributed by atoms with E-state index in [1.165, 1.54) is 4.90 Å². The van der Waals surface area contributed by atoms with Gasteiger partial charge in [0.05, 0.1) is 17.2 Å². The number of piperidine rings is 1. The summed E-state index contributed by atoms with van der Waals surface area (Å²) < 4.78 is 0. The highest BCUT2D eigenvalue weighted by atomic mass is 16.2. The Morgan fingerprint density at radius 2 is 1.57 bits per heavy atom. The van der Waals surface area contributed by atoms with E-state index in [0.717, 1.165) is 19.4 Å². The molecule has 0 bridgehead atoms. The minimum atomic E-state index is -0.162. The Hall–Kier alpha value is -1.68. The maximum Gasteiger partial charge on any atom is 0.261 e. The van der Waals surface area contributed by atoms with Crippen molar-refractivity contribution in [2.75, 3.05) is 13.1 Å². The van der Waals surface area contributed by atoms with E-state index in [-0.39, 0.29) is 17.9 Å². The first-order valence-corrected chi connectivity index (χ1v) is 7.79. The van der Waals surface area contributed by atoms with Crippen molar-refractivity contribution in [1.82, 2.24) is 10.2 Å². The monoisotopic (exact) mass is 290 g/mol. The van der Waals surface area contributed by atoms with Crippen LogP contribution < -0.4 is 5.32 Å². The van der Waals surface area contributed by atoms with Gasteiger partial charge >= 0.3 is 0 Å². The van der Waals surface area contributed by atoms with Crippen LogP contribution in [0.4, 0.5) is 0 Å². The molecule has 2 rings (SSSR count). The van der Waals surface area contributed by atoms with Gasteiger partial charge in [0.25, 0.3) is 11.8 Å². The molecule has 0 spiro atoms. The molecule has 2 heterocycles. The molecule has 2 aliphatic heterocycles. The van der Waals surface area contributed by atoms with Gasteiger partial charge < -0.3 is 5.32 Å². The van der Waals surface area contributed by atoms with Gasteiger partial charge in [0, 0.05) is 6.54 Å². The van der Waals surface area contributed by atoms with E-state index in [2.05, 4.69) is 5.32 Å². The van der Waals surface area contributed by atoms with Crippen molar-refractivity contribution in [2.45, 2.75) is 46.6 Å². The zero-order valence-electron chi connectivity index (χ0n) is 13.5. The minimum Gasteiger partial charge on any atom is -0.315 e. The van der Waals surface area contributed by atoms with E-state index in [1.807, 2.05) is 27.7 Å². The number of amides is 2. The smallest absolute Gasteiger partial charge is 0.261 e. The molecule has 1 N–H and O–H groups in total. The lowest BCUT2D eigenvalue weighted by Crippen LogP contribution is -2.49. The molecule has 21 heavy (non-hydrogen) atoms. The summed E-state index contributed by atoms with van der Waals surface area (Å²) in [4.78, 5) is 26.3. The number of hydrogen-bond acceptors (Lipinski definition) is 3. The molecule has 0 aliphatic carbocycles. The number of imide groups is 1. The molecule has 2 amide bonds. The summed E-state index contributed by atoms with van der Waals surface area (Å²) in [6.45, 7) is 9.36. The molecule has 0 aromatic heterocycles. The second-order valence-corrected chi connectivity index (χ2v) is 4.81. The minimum absolute atomic E-state index is 0.0169. The topological polar surface area (TPSA) is 49.4 Å². The molecule has 0 aromatic rings. The van der Waals surface area contributed by atoms with Crippen molar-refractivity contribution in [3.63, 3.8) is 0 Å². The third kappa shape index (κ3) is 3.70. The Bertz CT molecular complexity index is 435. The lowest BCUT2D eigenvalue weighted by molar-refractivity contribution is -0.140. The quantitative estimate of drug-likeness (QED) is 0.813. The Kier molecular flexibility index (Phi) is 7.09. The summed E-state index contributed by atoms with van der Waals surface area (Å²) in [5.74, 6) is -0.324. The van der Waals surface area contributed by atoms with Crippen LogP contribution in [0.5, 0.6) is 0 Å². The van der Waals surface area contributed by atoms with Crippen LogP contribution in [0.3, 0.4) is 0 Å². The number of carbonyl (C=O) groups is 2. The Morgan fingerprint density at radius 1 is 1.05 bits per heavy atom. The first kappa shape index (κ1) is 17.4. The highest BCUT2D eigenvalue weighted by molar-refractivity contribution is 6.22.